The molecule has 0 fully saturated rings. The van der Waals surface area contributed by atoms with Gasteiger partial charge in [-0.15, -0.1) is 0 Å². The molecule has 150 valence electrons. The van der Waals surface area contributed by atoms with Crippen molar-refractivity contribution in [2.45, 2.75) is 25.8 Å². The van der Waals surface area contributed by atoms with Crippen molar-refractivity contribution < 1.29 is 13.9 Å². The predicted molar refractivity (Wildman–Crippen MR) is 106 cm³/mol. The van der Waals surface area contributed by atoms with Crippen molar-refractivity contribution in [3.8, 4) is 22.6 Å². The summed E-state index contributed by atoms with van der Waals surface area (Å²) in [5.74, 6) is 6.54. The topological polar surface area (TPSA) is 106 Å². The number of oxazole rings is 1. The number of nitrogens with zero attached hydrogens (tertiary/aromatic N) is 5. The first kappa shape index (κ1) is 19.0. The van der Waals surface area contributed by atoms with Crippen LogP contribution in [0.4, 0.5) is 10.3 Å². The lowest BCUT2D eigenvalue weighted by atomic mass is 10.1. The summed E-state index contributed by atoms with van der Waals surface area (Å²) in [6.45, 7) is 1.92. The van der Waals surface area contributed by atoms with Crippen molar-refractivity contribution in [3.63, 3.8) is 0 Å². The summed E-state index contributed by atoms with van der Waals surface area (Å²) < 4.78 is 20.6. The molecule has 0 saturated carbocycles. The number of imidazole rings is 1. The van der Waals surface area contributed by atoms with E-state index in [-0.39, 0.29) is 18.5 Å². The lowest BCUT2D eigenvalue weighted by Gasteiger charge is -2.25. The average molecular weight is 396 g/mol. The quantitative estimate of drug-likeness (QED) is 0.365. The van der Waals surface area contributed by atoms with Crippen LogP contribution in [0.1, 0.15) is 19.8 Å². The van der Waals surface area contributed by atoms with Crippen LogP contribution in [0.2, 0.25) is 0 Å². The van der Waals surface area contributed by atoms with Gasteiger partial charge in [-0.25, -0.2) is 20.2 Å². The molecule has 0 bridgehead atoms. The Morgan fingerprint density at radius 1 is 1.24 bits per heavy atom. The number of aliphatic hydroxyl groups excluding tert-OH is 1. The van der Waals surface area contributed by atoms with Gasteiger partial charge in [0.25, 0.3) is 0 Å². The molecular formula is C20H21FN6O2. The number of fused-ring (bicyclic) bond motifs is 1. The minimum Gasteiger partial charge on any atom is -0.432 e. The number of benzene rings is 1. The van der Waals surface area contributed by atoms with E-state index in [1.165, 1.54) is 23.4 Å². The Balaban J connectivity index is 1.82. The molecule has 3 N–H and O–H groups in total. The predicted octanol–water partition coefficient (Wildman–Crippen LogP) is 3.03. The Bertz CT molecular complexity index is 1110. The molecule has 4 rings (SSSR count). The summed E-state index contributed by atoms with van der Waals surface area (Å²) in [6, 6.07) is 7.52. The van der Waals surface area contributed by atoms with E-state index in [1.807, 2.05) is 6.92 Å². The summed E-state index contributed by atoms with van der Waals surface area (Å²) in [5.41, 5.74) is 2.58. The summed E-state index contributed by atoms with van der Waals surface area (Å²) in [6.07, 6.45) is 6.44. The van der Waals surface area contributed by atoms with Gasteiger partial charge in [0.15, 0.2) is 0 Å². The van der Waals surface area contributed by atoms with Crippen LogP contribution < -0.4 is 10.9 Å². The van der Waals surface area contributed by atoms with Crippen LogP contribution >= 0.6 is 0 Å². The molecule has 0 saturated heterocycles. The van der Waals surface area contributed by atoms with E-state index in [9.17, 15) is 9.50 Å². The first-order valence-corrected chi connectivity index (χ1v) is 9.32. The molecule has 9 heteroatoms. The van der Waals surface area contributed by atoms with Crippen LogP contribution in [0.25, 0.3) is 28.5 Å². The second-order valence-corrected chi connectivity index (χ2v) is 6.65. The number of rotatable bonds is 7. The molecular weight excluding hydrogens is 375 g/mol. The van der Waals surface area contributed by atoms with Crippen molar-refractivity contribution in [1.82, 2.24) is 19.4 Å². The molecule has 0 aliphatic heterocycles. The number of hydrogen-bond donors (Lipinski definition) is 2. The van der Waals surface area contributed by atoms with Gasteiger partial charge in [-0.2, -0.15) is 4.98 Å². The fourth-order valence-electron chi connectivity index (χ4n) is 3.26. The van der Waals surface area contributed by atoms with Gasteiger partial charge >= 0.3 is 5.84 Å². The summed E-state index contributed by atoms with van der Waals surface area (Å²) in [4.78, 5) is 13.4. The third kappa shape index (κ3) is 3.57. The van der Waals surface area contributed by atoms with Gasteiger partial charge in [-0.05, 0) is 36.8 Å². The zero-order valence-corrected chi connectivity index (χ0v) is 15.9. The maximum Gasteiger partial charge on any atom is 0.306 e. The molecule has 0 amide bonds. The molecule has 1 unspecified atom stereocenters. The normalized spacial score (nSPS) is 12.4. The second kappa shape index (κ2) is 7.98. The minimum atomic E-state index is -0.327. The molecule has 29 heavy (non-hydrogen) atoms. The van der Waals surface area contributed by atoms with Gasteiger partial charge in [0.05, 0.1) is 18.3 Å². The molecule has 3 heterocycles. The average Bonchev–Trinajstić information content (AvgIpc) is 3.33. The monoisotopic (exact) mass is 396 g/mol. The first-order valence-electron chi connectivity index (χ1n) is 9.32. The van der Waals surface area contributed by atoms with Gasteiger partial charge in [-0.3, -0.25) is 9.41 Å². The summed E-state index contributed by atoms with van der Waals surface area (Å²) in [5, 5.41) is 11.0. The van der Waals surface area contributed by atoms with Crippen LogP contribution in [0, 0.1) is 5.82 Å². The first-order chi connectivity index (χ1) is 14.1. The standard InChI is InChI=1S/C20H21FN6O2/c1-2-3-15(12-28)27(22)19-23-9-8-16(24-19)18-17(13-4-6-14(21)7-5-13)25-20-26(18)10-11-29-20/h4-11,15,28H,2-3,12,22H2,1H3. The fourth-order valence-corrected chi connectivity index (χ4v) is 3.26. The lowest BCUT2D eigenvalue weighted by Crippen LogP contribution is -2.44. The van der Waals surface area contributed by atoms with Gasteiger partial charge in [-0.1, -0.05) is 13.3 Å². The molecule has 1 aromatic carbocycles. The number of anilines is 1. The Hall–Kier alpha value is -3.30. The highest BCUT2D eigenvalue weighted by Crippen LogP contribution is 2.32. The minimum absolute atomic E-state index is 0.0998. The molecule has 8 nitrogen and oxygen atoms in total. The maximum atomic E-state index is 13.4. The number of hydrogen-bond acceptors (Lipinski definition) is 7. The molecule has 1 atom stereocenters. The van der Waals surface area contributed by atoms with Gasteiger partial charge in [0.2, 0.25) is 5.95 Å². The molecule has 0 radical (unpaired) electrons. The highest BCUT2D eigenvalue weighted by Gasteiger charge is 2.22. The zero-order valence-electron chi connectivity index (χ0n) is 15.9. The highest BCUT2D eigenvalue weighted by atomic mass is 19.1. The Kier molecular flexibility index (Phi) is 5.24. The Morgan fingerprint density at radius 3 is 2.76 bits per heavy atom. The third-order valence-corrected chi connectivity index (χ3v) is 4.72. The molecule has 4 aromatic rings. The molecule has 0 spiro atoms. The van der Waals surface area contributed by atoms with Crippen molar-refractivity contribution in [1.29, 1.82) is 0 Å². The Labute approximate surface area is 166 Å². The van der Waals surface area contributed by atoms with E-state index in [4.69, 9.17) is 10.3 Å². The van der Waals surface area contributed by atoms with E-state index >= 15 is 0 Å². The van der Waals surface area contributed by atoms with Crippen LogP contribution in [0.3, 0.4) is 0 Å². The number of aliphatic hydroxyl groups is 1. The smallest absolute Gasteiger partial charge is 0.306 e. The van der Waals surface area contributed by atoms with E-state index < -0.39 is 0 Å². The zero-order chi connectivity index (χ0) is 20.4. The van der Waals surface area contributed by atoms with E-state index in [0.717, 1.165) is 12.0 Å². The molecule has 3 aromatic heterocycles. The van der Waals surface area contributed by atoms with Crippen LogP contribution in [0.15, 0.2) is 53.4 Å². The second-order valence-electron chi connectivity index (χ2n) is 6.65. The Morgan fingerprint density at radius 2 is 2.03 bits per heavy atom. The highest BCUT2D eigenvalue weighted by molar-refractivity contribution is 5.79. The SMILES string of the molecule is CCCC(CO)N(N)c1nccc(-c2c(-c3ccc(F)cc3)nc3occn23)n1. The third-order valence-electron chi connectivity index (χ3n) is 4.72. The number of nitrogens with two attached hydrogens (primary N) is 1. The van der Waals surface area contributed by atoms with Crippen molar-refractivity contribution in [2.75, 3.05) is 11.6 Å². The van der Waals surface area contributed by atoms with Gasteiger partial charge < -0.3 is 9.52 Å². The molecule has 0 aliphatic carbocycles. The van der Waals surface area contributed by atoms with Gasteiger partial charge in [0.1, 0.15) is 23.5 Å². The van der Waals surface area contributed by atoms with Crippen LogP contribution in [-0.2, 0) is 0 Å². The van der Waals surface area contributed by atoms with E-state index in [1.54, 1.807) is 35.0 Å². The van der Waals surface area contributed by atoms with Crippen LogP contribution in [0.5, 0.6) is 0 Å². The van der Waals surface area contributed by atoms with E-state index in [2.05, 4.69) is 15.0 Å². The summed E-state index contributed by atoms with van der Waals surface area (Å²) in [7, 11) is 0. The lowest BCUT2D eigenvalue weighted by molar-refractivity contribution is 0.251. The van der Waals surface area contributed by atoms with Gasteiger partial charge in [0, 0.05) is 18.0 Å². The maximum absolute atomic E-state index is 13.4. The summed E-state index contributed by atoms with van der Waals surface area (Å²) >= 11 is 0. The van der Waals surface area contributed by atoms with Crippen molar-refractivity contribution in [2.24, 2.45) is 5.84 Å². The fraction of sp³-hybridized carbons (Fsp3) is 0.250. The van der Waals surface area contributed by atoms with Crippen LogP contribution in [-0.4, -0.2) is 37.1 Å². The largest absolute Gasteiger partial charge is 0.432 e. The van der Waals surface area contributed by atoms with E-state index in [0.29, 0.717) is 35.3 Å². The number of hydrazine groups is 1. The molecule has 0 aliphatic rings. The number of halogens is 1. The van der Waals surface area contributed by atoms with Crippen molar-refractivity contribution >= 4 is 11.8 Å². The van der Waals surface area contributed by atoms with Crippen molar-refractivity contribution in [3.05, 3.63) is 54.8 Å². The number of aromatic nitrogens is 4.